The highest BCUT2D eigenvalue weighted by Gasteiger charge is 2.14. The molecule has 0 heterocycles. The molecule has 0 aliphatic carbocycles. The molecule has 27 heavy (non-hydrogen) atoms. The van der Waals surface area contributed by atoms with Gasteiger partial charge in [-0.3, -0.25) is 9.59 Å². The van der Waals surface area contributed by atoms with Gasteiger partial charge in [-0.25, -0.2) is 0 Å². The van der Waals surface area contributed by atoms with Crippen LogP contribution in [0.3, 0.4) is 0 Å². The van der Waals surface area contributed by atoms with E-state index in [-0.39, 0.29) is 11.5 Å². The summed E-state index contributed by atoms with van der Waals surface area (Å²) in [6.45, 7) is 0.0998. The van der Waals surface area contributed by atoms with Crippen molar-refractivity contribution in [2.75, 3.05) is 5.32 Å². The van der Waals surface area contributed by atoms with Gasteiger partial charge in [-0.1, -0.05) is 5.16 Å². The normalized spacial score (nSPS) is 12.0. The van der Waals surface area contributed by atoms with Crippen LogP contribution < -0.4 is 10.1 Å². The second-order valence-electron chi connectivity index (χ2n) is 5.55. The van der Waals surface area contributed by atoms with E-state index in [9.17, 15) is 18.4 Å². The molecule has 0 spiro atoms. The maximum atomic E-state index is 12.1. The van der Waals surface area contributed by atoms with Crippen LogP contribution in [-0.4, -0.2) is 30.6 Å². The van der Waals surface area contributed by atoms with E-state index in [4.69, 9.17) is 4.84 Å². The highest BCUT2D eigenvalue weighted by Crippen LogP contribution is 2.14. The number of carbonyl (C=O) groups excluding carboxylic acids is 2. The van der Waals surface area contributed by atoms with E-state index in [0.29, 0.717) is 16.8 Å². The third-order valence-electron chi connectivity index (χ3n) is 3.45. The zero-order valence-corrected chi connectivity index (χ0v) is 14.7. The highest BCUT2D eigenvalue weighted by atomic mass is 19.3. The fourth-order valence-electron chi connectivity index (χ4n) is 2.00. The maximum Gasteiger partial charge on any atom is 0.387 e. The number of anilines is 1. The van der Waals surface area contributed by atoms with Crippen molar-refractivity contribution in [1.82, 2.24) is 0 Å². The monoisotopic (exact) mass is 376 g/mol. The van der Waals surface area contributed by atoms with Gasteiger partial charge in [-0.2, -0.15) is 8.78 Å². The molecular weight excluding hydrogens is 358 g/mol. The first-order valence-electron chi connectivity index (χ1n) is 8.01. The maximum absolute atomic E-state index is 12.1. The fourth-order valence-corrected chi connectivity index (χ4v) is 2.00. The van der Waals surface area contributed by atoms with E-state index in [1.165, 1.54) is 44.3 Å². The van der Waals surface area contributed by atoms with Crippen molar-refractivity contribution in [3.8, 4) is 5.75 Å². The lowest BCUT2D eigenvalue weighted by atomic mass is 10.1. The Morgan fingerprint density at radius 1 is 1.07 bits per heavy atom. The number of nitrogens with zero attached hydrogens (tertiary/aromatic N) is 1. The largest absolute Gasteiger partial charge is 0.435 e. The first-order chi connectivity index (χ1) is 12.8. The molecule has 1 unspecified atom stereocenters. The molecule has 2 aromatic carbocycles. The minimum Gasteiger partial charge on any atom is -0.435 e. The summed E-state index contributed by atoms with van der Waals surface area (Å²) in [7, 11) is 0. The summed E-state index contributed by atoms with van der Waals surface area (Å²) in [4.78, 5) is 28.4. The Labute approximate surface area is 154 Å². The number of hydrogen-bond donors (Lipinski definition) is 1. The smallest absolute Gasteiger partial charge is 0.387 e. The molecular formula is C19H18F2N2O4. The van der Waals surface area contributed by atoms with Crippen molar-refractivity contribution in [2.45, 2.75) is 26.6 Å². The number of ether oxygens (including phenoxy) is 1. The van der Waals surface area contributed by atoms with Crippen molar-refractivity contribution in [3.05, 3.63) is 59.7 Å². The Morgan fingerprint density at radius 3 is 2.26 bits per heavy atom. The van der Waals surface area contributed by atoms with Crippen LogP contribution in [0.2, 0.25) is 0 Å². The SMILES string of the molecule is CC(=O)c1ccc(NC(=O)C(C)O/N=C/c2ccc(OC(F)F)cc2)cc1. The van der Waals surface area contributed by atoms with E-state index < -0.39 is 18.6 Å². The van der Waals surface area contributed by atoms with Crippen LogP contribution in [-0.2, 0) is 9.63 Å². The molecule has 0 aliphatic rings. The van der Waals surface area contributed by atoms with Crippen molar-refractivity contribution in [2.24, 2.45) is 5.16 Å². The van der Waals surface area contributed by atoms with E-state index in [1.54, 1.807) is 24.3 Å². The van der Waals surface area contributed by atoms with Gasteiger partial charge in [0.25, 0.3) is 5.91 Å². The summed E-state index contributed by atoms with van der Waals surface area (Å²) in [6, 6.07) is 12.2. The molecule has 1 N–H and O–H groups in total. The van der Waals surface area contributed by atoms with E-state index in [2.05, 4.69) is 15.2 Å². The van der Waals surface area contributed by atoms with Crippen LogP contribution >= 0.6 is 0 Å². The molecule has 0 saturated heterocycles. The predicted molar refractivity (Wildman–Crippen MR) is 96.3 cm³/mol. The van der Waals surface area contributed by atoms with Gasteiger partial charge in [-0.15, -0.1) is 0 Å². The Hall–Kier alpha value is -3.29. The van der Waals surface area contributed by atoms with Crippen molar-refractivity contribution in [1.29, 1.82) is 0 Å². The van der Waals surface area contributed by atoms with Gasteiger partial charge in [0.05, 0.1) is 6.21 Å². The molecule has 6 nitrogen and oxygen atoms in total. The molecule has 142 valence electrons. The quantitative estimate of drug-likeness (QED) is 0.431. The minimum absolute atomic E-state index is 0.0339. The molecule has 0 saturated carbocycles. The lowest BCUT2D eigenvalue weighted by Gasteiger charge is -2.10. The summed E-state index contributed by atoms with van der Waals surface area (Å²) in [5.74, 6) is -0.442. The van der Waals surface area contributed by atoms with Gasteiger partial charge in [0.1, 0.15) is 5.75 Å². The number of ketones is 1. The molecule has 0 aliphatic heterocycles. The number of alkyl halides is 2. The zero-order chi connectivity index (χ0) is 19.8. The average Bonchev–Trinajstić information content (AvgIpc) is 2.63. The number of hydrogen-bond acceptors (Lipinski definition) is 5. The first kappa shape index (κ1) is 20.0. The summed E-state index contributed by atoms with van der Waals surface area (Å²) < 4.78 is 28.4. The molecule has 1 atom stereocenters. The molecule has 0 aromatic heterocycles. The molecule has 0 radical (unpaired) electrons. The molecule has 2 rings (SSSR count). The van der Waals surface area contributed by atoms with Gasteiger partial charge in [0.15, 0.2) is 5.78 Å². The lowest BCUT2D eigenvalue weighted by molar-refractivity contribution is -0.126. The molecule has 0 bridgehead atoms. The van der Waals surface area contributed by atoms with Gasteiger partial charge >= 0.3 is 6.61 Å². The number of amides is 1. The van der Waals surface area contributed by atoms with Crippen LogP contribution in [0.5, 0.6) is 5.75 Å². The van der Waals surface area contributed by atoms with Crippen LogP contribution in [0.1, 0.15) is 29.8 Å². The summed E-state index contributed by atoms with van der Waals surface area (Å²) in [5.41, 5.74) is 1.66. The van der Waals surface area contributed by atoms with Gasteiger partial charge in [0, 0.05) is 11.3 Å². The second kappa shape index (κ2) is 9.42. The molecule has 8 heteroatoms. The van der Waals surface area contributed by atoms with Crippen LogP contribution in [0.15, 0.2) is 53.7 Å². The number of Topliss-reactive ketones (excluding diaryl/α,β-unsaturated/α-hetero) is 1. The number of carbonyl (C=O) groups is 2. The summed E-state index contributed by atoms with van der Waals surface area (Å²) in [5, 5.41) is 6.36. The Bertz CT molecular complexity index is 805. The van der Waals surface area contributed by atoms with Crippen molar-refractivity contribution >= 4 is 23.6 Å². The number of halogens is 2. The second-order valence-corrected chi connectivity index (χ2v) is 5.55. The molecule has 1 amide bonds. The minimum atomic E-state index is -2.88. The van der Waals surface area contributed by atoms with Gasteiger partial charge < -0.3 is 14.9 Å². The summed E-state index contributed by atoms with van der Waals surface area (Å²) >= 11 is 0. The van der Waals surface area contributed by atoms with Crippen LogP contribution in [0.4, 0.5) is 14.5 Å². The third-order valence-corrected chi connectivity index (χ3v) is 3.45. The Balaban J connectivity index is 1.85. The van der Waals surface area contributed by atoms with Crippen LogP contribution in [0.25, 0.3) is 0 Å². The topological polar surface area (TPSA) is 77.0 Å². The van der Waals surface area contributed by atoms with E-state index >= 15 is 0 Å². The lowest BCUT2D eigenvalue weighted by Crippen LogP contribution is -2.26. The van der Waals surface area contributed by atoms with Crippen molar-refractivity contribution < 1.29 is 27.9 Å². The van der Waals surface area contributed by atoms with Gasteiger partial charge in [-0.05, 0) is 67.9 Å². The van der Waals surface area contributed by atoms with E-state index in [0.717, 1.165) is 0 Å². The van der Waals surface area contributed by atoms with Gasteiger partial charge in [0.2, 0.25) is 6.10 Å². The number of oxime groups is 1. The predicted octanol–water partition coefficient (Wildman–Crippen LogP) is 3.87. The van der Waals surface area contributed by atoms with Crippen molar-refractivity contribution in [3.63, 3.8) is 0 Å². The Morgan fingerprint density at radius 2 is 1.70 bits per heavy atom. The Kier molecular flexibility index (Phi) is 6.99. The van der Waals surface area contributed by atoms with E-state index in [1.807, 2.05) is 0 Å². The zero-order valence-electron chi connectivity index (χ0n) is 14.7. The standard InChI is InChI=1S/C19H18F2N2O4/c1-12(24)15-5-7-16(8-6-15)23-18(25)13(2)27-22-11-14-3-9-17(10-4-14)26-19(20)21/h3-11,13,19H,1-2H3,(H,23,25)/b22-11+. The molecule has 2 aromatic rings. The molecule has 0 fully saturated rings. The number of benzene rings is 2. The first-order valence-corrected chi connectivity index (χ1v) is 8.01. The highest BCUT2D eigenvalue weighted by molar-refractivity contribution is 5.96. The van der Waals surface area contributed by atoms with Crippen LogP contribution in [0, 0.1) is 0 Å². The fraction of sp³-hybridized carbons (Fsp3) is 0.211. The third kappa shape index (κ3) is 6.50. The number of nitrogens with one attached hydrogen (secondary N) is 1. The number of rotatable bonds is 8. The average molecular weight is 376 g/mol. The summed E-state index contributed by atoms with van der Waals surface area (Å²) in [6.07, 6.45) is 0.479.